The molecule has 0 saturated heterocycles. The zero-order chi connectivity index (χ0) is 14.3. The summed E-state index contributed by atoms with van der Waals surface area (Å²) < 4.78 is 5.37. The second-order valence-electron chi connectivity index (χ2n) is 4.66. The summed E-state index contributed by atoms with van der Waals surface area (Å²) in [6, 6.07) is 7.21. The van der Waals surface area contributed by atoms with E-state index in [2.05, 4.69) is 5.32 Å². The molecule has 0 aromatic heterocycles. The van der Waals surface area contributed by atoms with Crippen LogP contribution < -0.4 is 10.1 Å². The highest BCUT2D eigenvalue weighted by Crippen LogP contribution is 2.13. The van der Waals surface area contributed by atoms with Crippen molar-refractivity contribution in [1.82, 2.24) is 5.32 Å². The summed E-state index contributed by atoms with van der Waals surface area (Å²) >= 11 is 0. The van der Waals surface area contributed by atoms with E-state index in [0.29, 0.717) is 13.2 Å². The lowest BCUT2D eigenvalue weighted by Gasteiger charge is -2.20. The Morgan fingerprint density at radius 1 is 1.32 bits per heavy atom. The number of ether oxygens (including phenoxy) is 1. The quantitative estimate of drug-likeness (QED) is 0.758. The van der Waals surface area contributed by atoms with Crippen LogP contribution >= 0.6 is 0 Å². The van der Waals surface area contributed by atoms with Crippen molar-refractivity contribution < 1.29 is 14.6 Å². The van der Waals surface area contributed by atoms with Crippen molar-refractivity contribution in [3.63, 3.8) is 0 Å². The van der Waals surface area contributed by atoms with E-state index in [0.717, 1.165) is 17.7 Å². The Bertz CT molecular complexity index is 389. The molecule has 0 aliphatic carbocycles. The van der Waals surface area contributed by atoms with Gasteiger partial charge in [-0.05, 0) is 30.5 Å². The largest absolute Gasteiger partial charge is 0.494 e. The van der Waals surface area contributed by atoms with E-state index < -0.39 is 12.0 Å². The number of rotatable bonds is 8. The zero-order valence-electron chi connectivity index (χ0n) is 11.8. The van der Waals surface area contributed by atoms with E-state index in [1.165, 1.54) is 0 Å². The summed E-state index contributed by atoms with van der Waals surface area (Å²) in [7, 11) is 0. The predicted octanol–water partition coefficient (Wildman–Crippen LogP) is 2.67. The van der Waals surface area contributed by atoms with Gasteiger partial charge in [0.25, 0.3) is 0 Å². The monoisotopic (exact) mass is 265 g/mol. The summed E-state index contributed by atoms with van der Waals surface area (Å²) in [5, 5.41) is 12.3. The van der Waals surface area contributed by atoms with E-state index in [-0.39, 0.29) is 5.92 Å². The molecule has 1 aromatic rings. The molecule has 0 spiro atoms. The molecule has 2 atom stereocenters. The summed E-state index contributed by atoms with van der Waals surface area (Å²) in [6.45, 7) is 7.09. The van der Waals surface area contributed by atoms with Crippen LogP contribution in [0.1, 0.15) is 32.8 Å². The molecule has 0 radical (unpaired) electrons. The molecular formula is C15H23NO3. The molecule has 0 saturated carbocycles. The van der Waals surface area contributed by atoms with Gasteiger partial charge in [0, 0.05) is 6.54 Å². The third kappa shape index (κ3) is 4.91. The Labute approximate surface area is 114 Å². The van der Waals surface area contributed by atoms with Crippen LogP contribution in [-0.4, -0.2) is 23.7 Å². The smallest absolute Gasteiger partial charge is 0.320 e. The van der Waals surface area contributed by atoms with E-state index in [1.807, 2.05) is 45.0 Å². The Morgan fingerprint density at radius 3 is 2.42 bits per heavy atom. The summed E-state index contributed by atoms with van der Waals surface area (Å²) in [5.74, 6) is 0.156. The highest BCUT2D eigenvalue weighted by atomic mass is 16.5. The Balaban J connectivity index is 2.56. The van der Waals surface area contributed by atoms with E-state index >= 15 is 0 Å². The van der Waals surface area contributed by atoms with Gasteiger partial charge in [-0.3, -0.25) is 4.79 Å². The standard InChI is InChI=1S/C15H23NO3/c1-4-11(3)14(15(17)18)16-10-12-6-8-13(9-7-12)19-5-2/h6-9,11,14,16H,4-5,10H2,1-3H3,(H,17,18). The minimum atomic E-state index is -0.791. The lowest BCUT2D eigenvalue weighted by molar-refractivity contribution is -0.140. The molecule has 2 unspecified atom stereocenters. The van der Waals surface area contributed by atoms with Gasteiger partial charge in [0.05, 0.1) is 6.61 Å². The van der Waals surface area contributed by atoms with Crippen molar-refractivity contribution in [2.24, 2.45) is 5.92 Å². The van der Waals surface area contributed by atoms with Crippen LogP contribution in [0.5, 0.6) is 5.75 Å². The molecule has 19 heavy (non-hydrogen) atoms. The predicted molar refractivity (Wildman–Crippen MR) is 75.3 cm³/mol. The second kappa shape index (κ2) is 7.79. The molecular weight excluding hydrogens is 242 g/mol. The number of aliphatic carboxylic acids is 1. The maximum atomic E-state index is 11.2. The van der Waals surface area contributed by atoms with Gasteiger partial charge in [-0.15, -0.1) is 0 Å². The fourth-order valence-corrected chi connectivity index (χ4v) is 1.87. The van der Waals surface area contributed by atoms with Gasteiger partial charge in [-0.2, -0.15) is 0 Å². The average molecular weight is 265 g/mol. The van der Waals surface area contributed by atoms with Crippen LogP contribution in [0.4, 0.5) is 0 Å². The third-order valence-corrected chi connectivity index (χ3v) is 3.24. The maximum Gasteiger partial charge on any atom is 0.320 e. The van der Waals surface area contributed by atoms with Gasteiger partial charge >= 0.3 is 5.97 Å². The number of hydrogen-bond donors (Lipinski definition) is 2. The van der Waals surface area contributed by atoms with Gasteiger partial charge in [-0.25, -0.2) is 0 Å². The van der Waals surface area contributed by atoms with Crippen molar-refractivity contribution >= 4 is 5.97 Å². The average Bonchev–Trinajstić information content (AvgIpc) is 2.40. The topological polar surface area (TPSA) is 58.6 Å². The van der Waals surface area contributed by atoms with E-state index in [9.17, 15) is 9.90 Å². The highest BCUT2D eigenvalue weighted by Gasteiger charge is 2.22. The Hall–Kier alpha value is -1.55. The Kier molecular flexibility index (Phi) is 6.36. The molecule has 106 valence electrons. The van der Waals surface area contributed by atoms with Crippen LogP contribution in [0.3, 0.4) is 0 Å². The van der Waals surface area contributed by atoms with Crippen molar-refractivity contribution in [2.75, 3.05) is 6.61 Å². The molecule has 0 heterocycles. The van der Waals surface area contributed by atoms with E-state index in [1.54, 1.807) is 0 Å². The lowest BCUT2D eigenvalue weighted by Crippen LogP contribution is -2.41. The Morgan fingerprint density at radius 2 is 1.95 bits per heavy atom. The first-order valence-electron chi connectivity index (χ1n) is 6.76. The van der Waals surface area contributed by atoms with Crippen LogP contribution in [0.25, 0.3) is 0 Å². The normalized spacial score (nSPS) is 13.8. The van der Waals surface area contributed by atoms with Crippen LogP contribution in [-0.2, 0) is 11.3 Å². The van der Waals surface area contributed by atoms with Crippen molar-refractivity contribution in [3.05, 3.63) is 29.8 Å². The number of benzene rings is 1. The molecule has 2 N–H and O–H groups in total. The van der Waals surface area contributed by atoms with Gasteiger partial charge in [0.2, 0.25) is 0 Å². The van der Waals surface area contributed by atoms with E-state index in [4.69, 9.17) is 4.74 Å². The van der Waals surface area contributed by atoms with Crippen molar-refractivity contribution in [2.45, 2.75) is 39.8 Å². The minimum Gasteiger partial charge on any atom is -0.494 e. The lowest BCUT2D eigenvalue weighted by atomic mass is 9.99. The van der Waals surface area contributed by atoms with Gasteiger partial charge in [0.15, 0.2) is 0 Å². The molecule has 0 fully saturated rings. The molecule has 4 nitrogen and oxygen atoms in total. The highest BCUT2D eigenvalue weighted by molar-refractivity contribution is 5.73. The van der Waals surface area contributed by atoms with Crippen molar-refractivity contribution in [3.8, 4) is 5.75 Å². The molecule has 0 amide bonds. The molecule has 4 heteroatoms. The number of hydrogen-bond acceptors (Lipinski definition) is 3. The van der Waals surface area contributed by atoms with Crippen molar-refractivity contribution in [1.29, 1.82) is 0 Å². The second-order valence-corrected chi connectivity index (χ2v) is 4.66. The number of carbonyl (C=O) groups is 1. The first-order valence-corrected chi connectivity index (χ1v) is 6.76. The zero-order valence-corrected chi connectivity index (χ0v) is 11.8. The molecule has 1 rings (SSSR count). The number of carboxylic acids is 1. The maximum absolute atomic E-state index is 11.2. The van der Waals surface area contributed by atoms with Crippen LogP contribution in [0.2, 0.25) is 0 Å². The van der Waals surface area contributed by atoms with Crippen LogP contribution in [0.15, 0.2) is 24.3 Å². The van der Waals surface area contributed by atoms with Crippen LogP contribution in [0, 0.1) is 5.92 Å². The first-order chi connectivity index (χ1) is 9.08. The molecule has 1 aromatic carbocycles. The molecule has 0 bridgehead atoms. The fraction of sp³-hybridized carbons (Fsp3) is 0.533. The van der Waals surface area contributed by atoms with Gasteiger partial charge in [0.1, 0.15) is 11.8 Å². The first kappa shape index (κ1) is 15.5. The number of carboxylic acid groups (broad SMARTS) is 1. The third-order valence-electron chi connectivity index (χ3n) is 3.24. The summed E-state index contributed by atoms with van der Waals surface area (Å²) in [6.07, 6.45) is 0.841. The SMILES string of the molecule is CCOc1ccc(CNC(C(=O)O)C(C)CC)cc1. The summed E-state index contributed by atoms with van der Waals surface area (Å²) in [5.41, 5.74) is 1.05. The fourth-order valence-electron chi connectivity index (χ4n) is 1.87. The molecule has 0 aliphatic rings. The summed E-state index contributed by atoms with van der Waals surface area (Å²) in [4.78, 5) is 11.2. The van der Waals surface area contributed by atoms with Gasteiger partial charge in [-0.1, -0.05) is 32.4 Å². The molecule has 0 aliphatic heterocycles. The number of nitrogens with one attached hydrogen (secondary N) is 1. The minimum absolute atomic E-state index is 0.111. The van der Waals surface area contributed by atoms with Gasteiger partial charge < -0.3 is 15.2 Å².